The first-order chi connectivity index (χ1) is 8.46. The van der Waals surface area contributed by atoms with Crippen LogP contribution in [0.5, 0.6) is 0 Å². The normalized spacial score (nSPS) is 20.2. The third kappa shape index (κ3) is 2.69. The summed E-state index contributed by atoms with van der Waals surface area (Å²) in [6, 6.07) is 6.23. The molecule has 3 nitrogen and oxygen atoms in total. The van der Waals surface area contributed by atoms with Crippen LogP contribution in [-0.2, 0) is 6.54 Å². The molecule has 1 atom stereocenters. The van der Waals surface area contributed by atoms with Gasteiger partial charge in [0, 0.05) is 42.7 Å². The molecule has 1 heterocycles. The molecular formula is C14H21ClN2O. The van der Waals surface area contributed by atoms with Gasteiger partial charge in [0.1, 0.15) is 0 Å². The molecule has 3 N–H and O–H groups in total. The summed E-state index contributed by atoms with van der Waals surface area (Å²) in [4.78, 5) is 2.33. The van der Waals surface area contributed by atoms with Gasteiger partial charge in [-0.1, -0.05) is 31.5 Å². The molecule has 0 radical (unpaired) electrons. The van der Waals surface area contributed by atoms with Crippen molar-refractivity contribution in [3.63, 3.8) is 0 Å². The first kappa shape index (κ1) is 13.8. The average molecular weight is 269 g/mol. The predicted octanol–water partition coefficient (Wildman–Crippen LogP) is 2.17. The minimum Gasteiger partial charge on any atom is -0.396 e. The molecule has 1 unspecified atom stereocenters. The van der Waals surface area contributed by atoms with Crippen LogP contribution in [0.2, 0.25) is 5.02 Å². The molecule has 0 fully saturated rings. The molecule has 4 heteroatoms. The molecule has 2 rings (SSSR count). The lowest BCUT2D eigenvalue weighted by Gasteiger charge is -2.32. The first-order valence-electron chi connectivity index (χ1n) is 6.30. The second kappa shape index (κ2) is 5.17. The summed E-state index contributed by atoms with van der Waals surface area (Å²) < 4.78 is 0. The highest BCUT2D eigenvalue weighted by atomic mass is 35.5. The lowest BCUT2D eigenvalue weighted by atomic mass is 9.93. The van der Waals surface area contributed by atoms with Crippen molar-refractivity contribution in [2.45, 2.75) is 26.4 Å². The summed E-state index contributed by atoms with van der Waals surface area (Å²) >= 11 is 6.05. The highest BCUT2D eigenvalue weighted by Crippen LogP contribution is 2.36. The Labute approximate surface area is 114 Å². The lowest BCUT2D eigenvalue weighted by Crippen LogP contribution is -2.37. The fourth-order valence-corrected chi connectivity index (χ4v) is 2.77. The van der Waals surface area contributed by atoms with Gasteiger partial charge < -0.3 is 10.8 Å². The summed E-state index contributed by atoms with van der Waals surface area (Å²) in [6.45, 7) is 6.61. The van der Waals surface area contributed by atoms with Crippen LogP contribution in [0.25, 0.3) is 0 Å². The minimum atomic E-state index is -0.112. The van der Waals surface area contributed by atoms with E-state index in [-0.39, 0.29) is 18.1 Å². The third-order valence-electron chi connectivity index (χ3n) is 3.56. The number of aliphatic hydroxyl groups excluding tert-OH is 1. The number of fused-ring (bicyclic) bond motifs is 1. The van der Waals surface area contributed by atoms with Crippen molar-refractivity contribution in [3.05, 3.63) is 34.3 Å². The summed E-state index contributed by atoms with van der Waals surface area (Å²) in [5.74, 6) is 0. The maximum Gasteiger partial charge on any atom is 0.0494 e. The van der Waals surface area contributed by atoms with Gasteiger partial charge in [0.15, 0.2) is 0 Å². The Morgan fingerprint density at radius 1 is 1.50 bits per heavy atom. The van der Waals surface area contributed by atoms with Crippen LogP contribution in [-0.4, -0.2) is 29.7 Å². The molecular weight excluding hydrogens is 248 g/mol. The highest BCUT2D eigenvalue weighted by Gasteiger charge is 2.32. The van der Waals surface area contributed by atoms with E-state index in [0.717, 1.165) is 18.1 Å². The van der Waals surface area contributed by atoms with Gasteiger partial charge in [0.2, 0.25) is 0 Å². The summed E-state index contributed by atoms with van der Waals surface area (Å²) in [5, 5.41) is 10.2. The van der Waals surface area contributed by atoms with Crippen molar-refractivity contribution in [1.82, 2.24) is 4.90 Å². The van der Waals surface area contributed by atoms with Gasteiger partial charge in [-0.2, -0.15) is 0 Å². The standard InChI is InChI=1S/C14H21ClN2O/c1-14(2,9-18)8-17-7-10-3-4-11(15)5-12(10)13(17)6-16/h3-5,13,18H,6-9,16H2,1-2H3. The van der Waals surface area contributed by atoms with Crippen molar-refractivity contribution >= 4 is 11.6 Å². The van der Waals surface area contributed by atoms with E-state index in [9.17, 15) is 5.11 Å². The molecule has 0 saturated carbocycles. The zero-order valence-electron chi connectivity index (χ0n) is 11.0. The average Bonchev–Trinajstić information content (AvgIpc) is 2.64. The summed E-state index contributed by atoms with van der Waals surface area (Å²) in [7, 11) is 0. The van der Waals surface area contributed by atoms with Gasteiger partial charge >= 0.3 is 0 Å². The van der Waals surface area contributed by atoms with E-state index in [4.69, 9.17) is 17.3 Å². The Morgan fingerprint density at radius 2 is 2.22 bits per heavy atom. The van der Waals surface area contributed by atoms with Crippen LogP contribution in [0.1, 0.15) is 31.0 Å². The Hall–Kier alpha value is -0.610. The maximum atomic E-state index is 9.40. The van der Waals surface area contributed by atoms with Crippen LogP contribution in [0, 0.1) is 5.41 Å². The zero-order valence-corrected chi connectivity index (χ0v) is 11.7. The van der Waals surface area contributed by atoms with E-state index in [1.54, 1.807) is 0 Å². The number of halogens is 1. The number of nitrogens with zero attached hydrogens (tertiary/aromatic N) is 1. The number of hydrogen-bond donors (Lipinski definition) is 2. The first-order valence-corrected chi connectivity index (χ1v) is 6.68. The fraction of sp³-hybridized carbons (Fsp3) is 0.571. The van der Waals surface area contributed by atoms with Crippen molar-refractivity contribution in [1.29, 1.82) is 0 Å². The highest BCUT2D eigenvalue weighted by molar-refractivity contribution is 6.30. The van der Waals surface area contributed by atoms with Crippen molar-refractivity contribution in [3.8, 4) is 0 Å². The van der Waals surface area contributed by atoms with Gasteiger partial charge in [-0.15, -0.1) is 0 Å². The third-order valence-corrected chi connectivity index (χ3v) is 3.80. The molecule has 0 bridgehead atoms. The quantitative estimate of drug-likeness (QED) is 0.880. The number of benzene rings is 1. The van der Waals surface area contributed by atoms with E-state index in [1.807, 2.05) is 12.1 Å². The molecule has 0 saturated heterocycles. The molecule has 0 spiro atoms. The van der Waals surface area contributed by atoms with Gasteiger partial charge in [-0.25, -0.2) is 0 Å². The predicted molar refractivity (Wildman–Crippen MR) is 74.5 cm³/mol. The Balaban J connectivity index is 2.22. The van der Waals surface area contributed by atoms with E-state index in [1.165, 1.54) is 11.1 Å². The Kier molecular flexibility index (Phi) is 3.97. The van der Waals surface area contributed by atoms with Gasteiger partial charge in [-0.05, 0) is 23.3 Å². The maximum absolute atomic E-state index is 9.40. The molecule has 18 heavy (non-hydrogen) atoms. The number of aliphatic hydroxyl groups is 1. The van der Waals surface area contributed by atoms with E-state index in [0.29, 0.717) is 6.54 Å². The molecule has 0 aromatic heterocycles. The minimum absolute atomic E-state index is 0.112. The van der Waals surface area contributed by atoms with Gasteiger partial charge in [-0.3, -0.25) is 4.90 Å². The van der Waals surface area contributed by atoms with Crippen molar-refractivity contribution in [2.24, 2.45) is 11.1 Å². The van der Waals surface area contributed by atoms with Gasteiger partial charge in [0.25, 0.3) is 0 Å². The smallest absolute Gasteiger partial charge is 0.0494 e. The molecule has 1 aromatic carbocycles. The topological polar surface area (TPSA) is 49.5 Å². The molecule has 0 aliphatic carbocycles. The number of hydrogen-bond acceptors (Lipinski definition) is 3. The van der Waals surface area contributed by atoms with Crippen molar-refractivity contribution < 1.29 is 5.11 Å². The van der Waals surface area contributed by atoms with Crippen molar-refractivity contribution in [2.75, 3.05) is 19.7 Å². The Bertz CT molecular complexity index is 434. The van der Waals surface area contributed by atoms with Crippen LogP contribution >= 0.6 is 11.6 Å². The van der Waals surface area contributed by atoms with E-state index < -0.39 is 0 Å². The summed E-state index contributed by atoms with van der Waals surface area (Å²) in [5.41, 5.74) is 8.32. The van der Waals surface area contributed by atoms with Crippen LogP contribution in [0.3, 0.4) is 0 Å². The second-order valence-electron chi connectivity index (χ2n) is 5.82. The largest absolute Gasteiger partial charge is 0.396 e. The second-order valence-corrected chi connectivity index (χ2v) is 6.26. The van der Waals surface area contributed by atoms with Gasteiger partial charge in [0.05, 0.1) is 0 Å². The molecule has 1 aromatic rings. The molecule has 1 aliphatic rings. The fourth-order valence-electron chi connectivity index (χ4n) is 2.59. The number of rotatable bonds is 4. The molecule has 100 valence electrons. The van der Waals surface area contributed by atoms with Crippen LogP contribution in [0.4, 0.5) is 0 Å². The monoisotopic (exact) mass is 268 g/mol. The van der Waals surface area contributed by atoms with E-state index in [2.05, 4.69) is 24.8 Å². The summed E-state index contributed by atoms with van der Waals surface area (Å²) in [6.07, 6.45) is 0. The zero-order chi connectivity index (χ0) is 13.3. The molecule has 1 aliphatic heterocycles. The van der Waals surface area contributed by atoms with E-state index >= 15 is 0 Å². The lowest BCUT2D eigenvalue weighted by molar-refractivity contribution is 0.0846. The SMILES string of the molecule is CC(C)(CO)CN1Cc2ccc(Cl)cc2C1CN. The molecule has 0 amide bonds. The van der Waals surface area contributed by atoms with Crippen LogP contribution in [0.15, 0.2) is 18.2 Å². The number of nitrogens with two attached hydrogens (primary N) is 1. The van der Waals surface area contributed by atoms with Crippen LogP contribution < -0.4 is 5.73 Å². The Morgan fingerprint density at radius 3 is 2.83 bits per heavy atom.